The predicted molar refractivity (Wildman–Crippen MR) is 138 cm³/mol. The number of cyclic esters (lactones) is 1. The third-order valence-electron chi connectivity index (χ3n) is 6.52. The van der Waals surface area contributed by atoms with Crippen LogP contribution in [0.25, 0.3) is 0 Å². The van der Waals surface area contributed by atoms with Gasteiger partial charge in [-0.3, -0.25) is 4.79 Å². The van der Waals surface area contributed by atoms with E-state index in [0.29, 0.717) is 24.2 Å². The van der Waals surface area contributed by atoms with Gasteiger partial charge in [-0.05, 0) is 41.2 Å². The van der Waals surface area contributed by atoms with Crippen molar-refractivity contribution in [2.45, 2.75) is 31.4 Å². The second kappa shape index (κ2) is 11.7. The highest BCUT2D eigenvalue weighted by atomic mass is 16.6. The molecule has 0 saturated carbocycles. The van der Waals surface area contributed by atoms with E-state index in [2.05, 4.69) is 6.58 Å². The molecular formula is C30H31NO5. The molecule has 1 saturated heterocycles. The number of nitrogens with zero attached hydrogens (tertiary/aromatic N) is 1. The molecule has 3 aromatic carbocycles. The lowest BCUT2D eigenvalue weighted by molar-refractivity contribution is -0.137. The van der Waals surface area contributed by atoms with Crippen LogP contribution in [0.15, 0.2) is 91.5 Å². The fourth-order valence-corrected chi connectivity index (χ4v) is 4.63. The number of allylic oxidation sites excluding steroid dienone is 1. The number of imide groups is 1. The Labute approximate surface area is 211 Å². The zero-order valence-corrected chi connectivity index (χ0v) is 20.4. The number of ether oxygens (including phenoxy) is 2. The van der Waals surface area contributed by atoms with Gasteiger partial charge < -0.3 is 14.6 Å². The number of hydrogen-bond acceptors (Lipinski definition) is 5. The lowest BCUT2D eigenvalue weighted by Gasteiger charge is -2.28. The summed E-state index contributed by atoms with van der Waals surface area (Å²) in [5.74, 6) is -0.739. The molecule has 3 aromatic rings. The van der Waals surface area contributed by atoms with Crippen LogP contribution in [0.3, 0.4) is 0 Å². The maximum Gasteiger partial charge on any atom is 0.416 e. The van der Waals surface area contributed by atoms with Crippen LogP contribution < -0.4 is 4.74 Å². The van der Waals surface area contributed by atoms with Crippen molar-refractivity contribution >= 4 is 12.0 Å². The predicted octanol–water partition coefficient (Wildman–Crippen LogP) is 5.10. The van der Waals surface area contributed by atoms with Crippen LogP contribution in [0, 0.1) is 5.92 Å². The second-order valence-electron chi connectivity index (χ2n) is 8.94. The Balaban J connectivity index is 1.56. The van der Waals surface area contributed by atoms with Crippen molar-refractivity contribution in [2.24, 2.45) is 5.92 Å². The second-order valence-corrected chi connectivity index (χ2v) is 8.94. The van der Waals surface area contributed by atoms with Gasteiger partial charge in [-0.1, -0.05) is 78.9 Å². The van der Waals surface area contributed by atoms with Crippen LogP contribution in [0.5, 0.6) is 5.75 Å². The first-order chi connectivity index (χ1) is 17.5. The van der Waals surface area contributed by atoms with Gasteiger partial charge in [0.05, 0.1) is 25.2 Å². The van der Waals surface area contributed by atoms with Crippen LogP contribution in [0.1, 0.15) is 34.8 Å². The molecule has 3 atom stereocenters. The molecule has 186 valence electrons. The molecule has 2 amide bonds. The highest BCUT2D eigenvalue weighted by Gasteiger charge is 2.42. The third kappa shape index (κ3) is 5.66. The van der Waals surface area contributed by atoms with E-state index in [-0.39, 0.29) is 13.0 Å². The lowest BCUT2D eigenvalue weighted by Crippen LogP contribution is -2.45. The van der Waals surface area contributed by atoms with Crippen LogP contribution >= 0.6 is 0 Å². The smallest absolute Gasteiger partial charge is 0.416 e. The number of carbonyl (C=O) groups is 2. The molecule has 0 spiro atoms. The molecule has 0 aliphatic carbocycles. The average Bonchev–Trinajstić information content (AvgIpc) is 3.27. The molecule has 0 bridgehead atoms. The summed E-state index contributed by atoms with van der Waals surface area (Å²) in [5, 5.41) is 11.3. The van der Waals surface area contributed by atoms with Crippen LogP contribution in [0.4, 0.5) is 4.79 Å². The summed E-state index contributed by atoms with van der Waals surface area (Å²) in [6.45, 7) is 3.89. The topological polar surface area (TPSA) is 76.1 Å². The molecule has 0 aromatic heterocycles. The molecule has 6 nitrogen and oxygen atoms in total. The summed E-state index contributed by atoms with van der Waals surface area (Å²) in [5.41, 5.74) is 3.65. The van der Waals surface area contributed by atoms with Gasteiger partial charge >= 0.3 is 6.09 Å². The number of benzene rings is 3. The fraction of sp³-hybridized carbons (Fsp3) is 0.267. The Kier molecular flexibility index (Phi) is 8.18. The zero-order chi connectivity index (χ0) is 25.5. The quantitative estimate of drug-likeness (QED) is 0.404. The molecule has 1 N–H and O–H groups in total. The average molecular weight is 486 g/mol. The first-order valence-corrected chi connectivity index (χ1v) is 12.0. The van der Waals surface area contributed by atoms with Gasteiger partial charge in [-0.2, -0.15) is 0 Å². The highest BCUT2D eigenvalue weighted by Crippen LogP contribution is 2.33. The summed E-state index contributed by atoms with van der Waals surface area (Å²) in [6, 6.07) is 24.7. The minimum Gasteiger partial charge on any atom is -0.496 e. The van der Waals surface area contributed by atoms with Crippen LogP contribution in [-0.4, -0.2) is 41.8 Å². The first kappa shape index (κ1) is 25.2. The maximum atomic E-state index is 13.6. The molecule has 0 unspecified atom stereocenters. The summed E-state index contributed by atoms with van der Waals surface area (Å²) in [4.78, 5) is 27.3. The maximum absolute atomic E-state index is 13.6. The zero-order valence-electron chi connectivity index (χ0n) is 20.4. The van der Waals surface area contributed by atoms with Gasteiger partial charge in [0, 0.05) is 6.42 Å². The van der Waals surface area contributed by atoms with Crippen LogP contribution in [0.2, 0.25) is 0 Å². The summed E-state index contributed by atoms with van der Waals surface area (Å²) >= 11 is 0. The number of aliphatic hydroxyl groups is 1. The van der Waals surface area contributed by atoms with Gasteiger partial charge in [0.1, 0.15) is 12.4 Å². The van der Waals surface area contributed by atoms with E-state index in [1.165, 1.54) is 0 Å². The number of amides is 2. The van der Waals surface area contributed by atoms with E-state index in [9.17, 15) is 14.7 Å². The molecule has 1 heterocycles. The normalized spacial score (nSPS) is 16.8. The van der Waals surface area contributed by atoms with Gasteiger partial charge in [0.15, 0.2) is 0 Å². The highest BCUT2D eigenvalue weighted by molar-refractivity contribution is 5.95. The van der Waals surface area contributed by atoms with Gasteiger partial charge in [-0.25, -0.2) is 9.69 Å². The van der Waals surface area contributed by atoms with E-state index >= 15 is 0 Å². The standard InChI is InChI=1S/C30H31NO5/c1-3-10-26(29(33)31-25(20-36-30(31)34)18-22-13-8-5-9-14-22)28(32)24-16-15-23(27(19-24)35-2)17-21-11-6-4-7-12-21/h3-9,11-16,19,25-26,28,32H,1,10,17-18,20H2,2H3/t25-,26+,28+/m0/s1. The van der Waals surface area contributed by atoms with Gasteiger partial charge in [0.25, 0.3) is 0 Å². The van der Waals surface area contributed by atoms with Crippen molar-refractivity contribution in [1.82, 2.24) is 4.90 Å². The molecule has 1 aliphatic rings. The van der Waals surface area contributed by atoms with Crippen molar-refractivity contribution < 1.29 is 24.2 Å². The summed E-state index contributed by atoms with van der Waals surface area (Å²) in [7, 11) is 1.58. The molecule has 0 radical (unpaired) electrons. The molecule has 4 rings (SSSR count). The minimum atomic E-state index is -1.15. The lowest BCUT2D eigenvalue weighted by atomic mass is 9.89. The van der Waals surface area contributed by atoms with E-state index in [1.54, 1.807) is 25.3 Å². The van der Waals surface area contributed by atoms with Crippen LogP contribution in [-0.2, 0) is 22.4 Å². The Hall–Kier alpha value is -3.90. The Morgan fingerprint density at radius 3 is 2.42 bits per heavy atom. The van der Waals surface area contributed by atoms with E-state index < -0.39 is 30.1 Å². The molecule has 1 fully saturated rings. The van der Waals surface area contributed by atoms with E-state index in [1.807, 2.05) is 66.7 Å². The first-order valence-electron chi connectivity index (χ1n) is 12.0. The Bertz CT molecular complexity index is 1190. The molecule has 1 aliphatic heterocycles. The summed E-state index contributed by atoms with van der Waals surface area (Å²) < 4.78 is 10.8. The SMILES string of the molecule is C=CC[C@@H](C(=O)N1C(=O)OC[C@@H]1Cc1ccccc1)[C@H](O)c1ccc(Cc2ccccc2)c(OC)c1. The molecule has 6 heteroatoms. The number of carbonyl (C=O) groups excluding carboxylic acids is 2. The number of aliphatic hydroxyl groups excluding tert-OH is 1. The monoisotopic (exact) mass is 485 g/mol. The van der Waals surface area contributed by atoms with Crippen molar-refractivity contribution in [3.05, 3.63) is 114 Å². The van der Waals surface area contributed by atoms with Crippen molar-refractivity contribution in [2.75, 3.05) is 13.7 Å². The Morgan fingerprint density at radius 1 is 1.11 bits per heavy atom. The third-order valence-corrected chi connectivity index (χ3v) is 6.52. The van der Waals surface area contributed by atoms with Crippen molar-refractivity contribution in [3.63, 3.8) is 0 Å². The van der Waals surface area contributed by atoms with Gasteiger partial charge in [-0.15, -0.1) is 6.58 Å². The number of methoxy groups -OCH3 is 1. The number of hydrogen-bond donors (Lipinski definition) is 1. The van der Waals surface area contributed by atoms with Gasteiger partial charge in [0.2, 0.25) is 5.91 Å². The fourth-order valence-electron chi connectivity index (χ4n) is 4.63. The van der Waals surface area contributed by atoms with Crippen molar-refractivity contribution in [3.8, 4) is 5.75 Å². The molecular weight excluding hydrogens is 454 g/mol. The Morgan fingerprint density at radius 2 is 1.78 bits per heavy atom. The summed E-state index contributed by atoms with van der Waals surface area (Å²) in [6.07, 6.45) is 1.11. The van der Waals surface area contributed by atoms with E-state index in [0.717, 1.165) is 21.6 Å². The largest absolute Gasteiger partial charge is 0.496 e. The molecule has 36 heavy (non-hydrogen) atoms. The minimum absolute atomic E-state index is 0.123. The van der Waals surface area contributed by atoms with E-state index in [4.69, 9.17) is 9.47 Å². The number of rotatable bonds is 10. The van der Waals surface area contributed by atoms with Crippen molar-refractivity contribution in [1.29, 1.82) is 0 Å².